The lowest BCUT2D eigenvalue weighted by molar-refractivity contribution is -0.134. The molecule has 2 amide bonds. The standard InChI is InChI=1S/C15H23N3O2.ClH/c1-18(2)15(20)13(17-14(19)9-6-10-16)11-12-7-4-3-5-8-12;/h3-5,7-8,13H,6,9-11,16H2,1-2H3,(H,17,19);1H. The normalized spacial score (nSPS) is 11.2. The molecular weight excluding hydrogens is 290 g/mol. The molecule has 1 rings (SSSR count). The maximum atomic E-state index is 12.1. The summed E-state index contributed by atoms with van der Waals surface area (Å²) in [5, 5.41) is 2.80. The van der Waals surface area contributed by atoms with Crippen LogP contribution in [-0.4, -0.2) is 43.4 Å². The van der Waals surface area contributed by atoms with Gasteiger partial charge in [-0.2, -0.15) is 0 Å². The van der Waals surface area contributed by atoms with Gasteiger partial charge in [-0.25, -0.2) is 0 Å². The molecular formula is C15H24ClN3O2. The molecule has 0 aliphatic rings. The zero-order chi connectivity index (χ0) is 15.0. The summed E-state index contributed by atoms with van der Waals surface area (Å²) in [6.45, 7) is 0.471. The summed E-state index contributed by atoms with van der Waals surface area (Å²) < 4.78 is 0. The molecule has 21 heavy (non-hydrogen) atoms. The van der Waals surface area contributed by atoms with Crippen LogP contribution in [0.5, 0.6) is 0 Å². The first-order chi connectivity index (χ1) is 9.54. The van der Waals surface area contributed by atoms with Crippen molar-refractivity contribution in [3.8, 4) is 0 Å². The Morgan fingerprint density at radius 3 is 2.38 bits per heavy atom. The van der Waals surface area contributed by atoms with Gasteiger partial charge in [-0.3, -0.25) is 9.59 Å². The fourth-order valence-electron chi connectivity index (χ4n) is 1.89. The number of hydrogen-bond donors (Lipinski definition) is 2. The summed E-state index contributed by atoms with van der Waals surface area (Å²) in [5.74, 6) is -0.235. The van der Waals surface area contributed by atoms with Gasteiger partial charge in [-0.15, -0.1) is 12.4 Å². The van der Waals surface area contributed by atoms with Crippen molar-refractivity contribution in [3.05, 3.63) is 35.9 Å². The molecule has 0 aliphatic heterocycles. The zero-order valence-electron chi connectivity index (χ0n) is 12.5. The molecule has 0 aliphatic carbocycles. The van der Waals surface area contributed by atoms with Gasteiger partial charge >= 0.3 is 0 Å². The monoisotopic (exact) mass is 313 g/mol. The molecule has 0 saturated heterocycles. The van der Waals surface area contributed by atoms with E-state index < -0.39 is 6.04 Å². The fraction of sp³-hybridized carbons (Fsp3) is 0.467. The Morgan fingerprint density at radius 2 is 1.86 bits per heavy atom. The van der Waals surface area contributed by atoms with Crippen LogP contribution < -0.4 is 11.1 Å². The highest BCUT2D eigenvalue weighted by molar-refractivity contribution is 5.87. The van der Waals surface area contributed by atoms with Gasteiger partial charge in [0.15, 0.2) is 0 Å². The maximum Gasteiger partial charge on any atom is 0.244 e. The number of rotatable bonds is 7. The van der Waals surface area contributed by atoms with Gasteiger partial charge < -0.3 is 16.0 Å². The SMILES string of the molecule is CN(C)C(=O)C(Cc1ccccc1)NC(=O)CCCN.Cl. The number of nitrogens with one attached hydrogen (secondary N) is 1. The van der Waals surface area contributed by atoms with Crippen molar-refractivity contribution < 1.29 is 9.59 Å². The number of nitrogens with two attached hydrogens (primary N) is 1. The van der Waals surface area contributed by atoms with Gasteiger partial charge in [0.25, 0.3) is 0 Å². The van der Waals surface area contributed by atoms with Crippen LogP contribution in [-0.2, 0) is 16.0 Å². The van der Waals surface area contributed by atoms with Crippen LogP contribution in [0.15, 0.2) is 30.3 Å². The minimum Gasteiger partial charge on any atom is -0.347 e. The zero-order valence-corrected chi connectivity index (χ0v) is 13.4. The topological polar surface area (TPSA) is 75.4 Å². The van der Waals surface area contributed by atoms with Crippen molar-refractivity contribution in [2.24, 2.45) is 5.73 Å². The molecule has 1 unspecified atom stereocenters. The summed E-state index contributed by atoms with van der Waals surface area (Å²) >= 11 is 0. The summed E-state index contributed by atoms with van der Waals surface area (Å²) in [7, 11) is 3.37. The minimum atomic E-state index is -0.530. The predicted molar refractivity (Wildman–Crippen MR) is 86.3 cm³/mol. The van der Waals surface area contributed by atoms with Gasteiger partial charge in [0.2, 0.25) is 11.8 Å². The Bertz CT molecular complexity index is 438. The van der Waals surface area contributed by atoms with E-state index in [4.69, 9.17) is 5.73 Å². The van der Waals surface area contributed by atoms with Gasteiger partial charge in [0, 0.05) is 26.9 Å². The molecule has 5 nitrogen and oxygen atoms in total. The molecule has 1 aromatic carbocycles. The summed E-state index contributed by atoms with van der Waals surface area (Å²) in [4.78, 5) is 25.4. The van der Waals surface area contributed by atoms with E-state index in [9.17, 15) is 9.59 Å². The van der Waals surface area contributed by atoms with E-state index in [2.05, 4.69) is 5.32 Å². The largest absolute Gasteiger partial charge is 0.347 e. The van der Waals surface area contributed by atoms with Gasteiger partial charge in [0.05, 0.1) is 0 Å². The first-order valence-electron chi connectivity index (χ1n) is 6.79. The molecule has 1 atom stereocenters. The van der Waals surface area contributed by atoms with Crippen molar-refractivity contribution in [2.45, 2.75) is 25.3 Å². The lowest BCUT2D eigenvalue weighted by Crippen LogP contribution is -2.47. The first kappa shape index (κ1) is 19.4. The number of halogens is 1. The van der Waals surface area contributed by atoms with E-state index >= 15 is 0 Å². The molecule has 0 saturated carbocycles. The minimum absolute atomic E-state index is 0. The van der Waals surface area contributed by atoms with Gasteiger partial charge in [-0.05, 0) is 18.5 Å². The highest BCUT2D eigenvalue weighted by atomic mass is 35.5. The molecule has 0 heterocycles. The smallest absolute Gasteiger partial charge is 0.244 e. The molecule has 3 N–H and O–H groups in total. The van der Waals surface area contributed by atoms with Crippen LogP contribution in [0.2, 0.25) is 0 Å². The summed E-state index contributed by atoms with van der Waals surface area (Å²) in [6.07, 6.45) is 1.47. The number of carbonyl (C=O) groups excluding carboxylic acids is 2. The molecule has 1 aromatic rings. The van der Waals surface area contributed by atoms with Crippen LogP contribution >= 0.6 is 12.4 Å². The van der Waals surface area contributed by atoms with Crippen LogP contribution in [0.4, 0.5) is 0 Å². The molecule has 0 bridgehead atoms. The Balaban J connectivity index is 0.00000400. The third-order valence-electron chi connectivity index (χ3n) is 2.96. The number of hydrogen-bond acceptors (Lipinski definition) is 3. The molecule has 118 valence electrons. The van der Waals surface area contributed by atoms with Crippen molar-refractivity contribution >= 4 is 24.2 Å². The second kappa shape index (κ2) is 10.2. The summed E-state index contributed by atoms with van der Waals surface area (Å²) in [6, 6.07) is 9.12. The van der Waals surface area contributed by atoms with Crippen LogP contribution in [0.25, 0.3) is 0 Å². The van der Waals surface area contributed by atoms with E-state index in [1.165, 1.54) is 4.90 Å². The first-order valence-corrected chi connectivity index (χ1v) is 6.79. The summed E-state index contributed by atoms with van der Waals surface area (Å²) in [5.41, 5.74) is 6.40. The third-order valence-corrected chi connectivity index (χ3v) is 2.96. The number of nitrogens with zero attached hydrogens (tertiary/aromatic N) is 1. The number of carbonyl (C=O) groups is 2. The maximum absolute atomic E-state index is 12.1. The van der Waals surface area contributed by atoms with Gasteiger partial charge in [-0.1, -0.05) is 30.3 Å². The highest BCUT2D eigenvalue weighted by Crippen LogP contribution is 2.05. The van der Waals surface area contributed by atoms with Crippen LogP contribution in [0.3, 0.4) is 0 Å². The second-order valence-electron chi connectivity index (χ2n) is 4.93. The van der Waals surface area contributed by atoms with Crippen molar-refractivity contribution in [2.75, 3.05) is 20.6 Å². The Labute approximate surface area is 132 Å². The lowest BCUT2D eigenvalue weighted by Gasteiger charge is -2.22. The number of likely N-dealkylation sites (N-methyl/N-ethyl adjacent to an activating group) is 1. The number of benzene rings is 1. The van der Waals surface area contributed by atoms with E-state index in [1.807, 2.05) is 30.3 Å². The van der Waals surface area contributed by atoms with E-state index in [-0.39, 0.29) is 24.2 Å². The third kappa shape index (κ3) is 7.11. The van der Waals surface area contributed by atoms with Gasteiger partial charge in [0.1, 0.15) is 6.04 Å². The molecule has 6 heteroatoms. The van der Waals surface area contributed by atoms with E-state index in [1.54, 1.807) is 14.1 Å². The molecule has 0 radical (unpaired) electrons. The van der Waals surface area contributed by atoms with E-state index in [0.717, 1.165) is 5.56 Å². The van der Waals surface area contributed by atoms with Crippen molar-refractivity contribution in [1.29, 1.82) is 0 Å². The molecule has 0 aromatic heterocycles. The average Bonchev–Trinajstić information content (AvgIpc) is 2.44. The second-order valence-corrected chi connectivity index (χ2v) is 4.93. The predicted octanol–water partition coefficient (Wildman–Crippen LogP) is 0.963. The Hall–Kier alpha value is -1.59. The van der Waals surface area contributed by atoms with Crippen molar-refractivity contribution in [1.82, 2.24) is 10.2 Å². The number of amides is 2. The van der Waals surface area contributed by atoms with Crippen LogP contribution in [0, 0.1) is 0 Å². The lowest BCUT2D eigenvalue weighted by atomic mass is 10.0. The Kier molecular flexibility index (Phi) is 9.41. The highest BCUT2D eigenvalue weighted by Gasteiger charge is 2.22. The Morgan fingerprint density at radius 1 is 1.24 bits per heavy atom. The molecule has 0 spiro atoms. The molecule has 0 fully saturated rings. The average molecular weight is 314 g/mol. The van der Waals surface area contributed by atoms with Crippen molar-refractivity contribution in [3.63, 3.8) is 0 Å². The fourth-order valence-corrected chi connectivity index (χ4v) is 1.89. The van der Waals surface area contributed by atoms with Crippen LogP contribution in [0.1, 0.15) is 18.4 Å². The van der Waals surface area contributed by atoms with E-state index in [0.29, 0.717) is 25.8 Å². The quantitative estimate of drug-likeness (QED) is 0.787.